The van der Waals surface area contributed by atoms with Crippen molar-refractivity contribution in [2.45, 2.75) is 64.1 Å². The molecule has 6 rings (SSSR count). The zero-order chi connectivity index (χ0) is 33.0. The van der Waals surface area contributed by atoms with Crippen molar-refractivity contribution in [3.05, 3.63) is 83.2 Å². The number of carbonyl (C=O) groups excluding carboxylic acids is 2. The normalized spacial score (nSPS) is 17.3. The summed E-state index contributed by atoms with van der Waals surface area (Å²) in [6.07, 6.45) is 1.47. The maximum atomic E-state index is 13.6. The highest BCUT2D eigenvalue weighted by Crippen LogP contribution is 2.47. The molecule has 2 fully saturated rings. The van der Waals surface area contributed by atoms with Gasteiger partial charge in [-0.1, -0.05) is 24.3 Å². The molecule has 2 heterocycles. The molecule has 0 radical (unpaired) electrons. The van der Waals surface area contributed by atoms with Crippen molar-refractivity contribution >= 4 is 51.0 Å². The van der Waals surface area contributed by atoms with Gasteiger partial charge in [0.15, 0.2) is 5.78 Å². The molecule has 2 aliphatic rings. The molecule has 0 bridgehead atoms. The molecule has 3 aromatic carbocycles. The van der Waals surface area contributed by atoms with Crippen molar-refractivity contribution < 1.29 is 36.1 Å². The van der Waals surface area contributed by atoms with E-state index < -0.39 is 39.9 Å². The molecule has 46 heavy (non-hydrogen) atoms. The standard InChI is InChI=1S/C34H36BFN2O7S/c1-33(2)34(3,4)45-35(44-33)26-9-7-6-8-23(26)28(39)16-17-46(41,42)38-27-19-29-25(18-24(27)20-10-11-20)30(32(40)37-5)31(43-29)21-12-14-22(36)15-13-21/h6-9,12-15,18-20,38H,10-11,16-17H2,1-5H3,(H,37,40). The number of fused-ring (bicyclic) bond motifs is 1. The van der Waals surface area contributed by atoms with Crippen LogP contribution in [0.2, 0.25) is 0 Å². The Balaban J connectivity index is 1.27. The number of amides is 1. The van der Waals surface area contributed by atoms with Crippen LogP contribution in [0.15, 0.2) is 65.1 Å². The highest BCUT2D eigenvalue weighted by molar-refractivity contribution is 7.92. The fraction of sp³-hybridized carbons (Fsp3) is 0.353. The van der Waals surface area contributed by atoms with Gasteiger partial charge in [0.25, 0.3) is 5.91 Å². The summed E-state index contributed by atoms with van der Waals surface area (Å²) in [5, 5.41) is 3.16. The lowest BCUT2D eigenvalue weighted by Crippen LogP contribution is -2.41. The summed E-state index contributed by atoms with van der Waals surface area (Å²) in [6, 6.07) is 15.9. The topological polar surface area (TPSA) is 124 Å². The van der Waals surface area contributed by atoms with Gasteiger partial charge >= 0.3 is 7.12 Å². The molecule has 9 nitrogen and oxygen atoms in total. The molecule has 1 aromatic heterocycles. The number of halogens is 1. The second-order valence-corrected chi connectivity index (χ2v) is 14.7. The number of anilines is 1. The molecular weight excluding hydrogens is 610 g/mol. The lowest BCUT2D eigenvalue weighted by molar-refractivity contribution is 0.00578. The van der Waals surface area contributed by atoms with Crippen LogP contribution in [0.4, 0.5) is 10.1 Å². The second-order valence-electron chi connectivity index (χ2n) is 12.9. The number of sulfonamides is 1. The zero-order valence-electron chi connectivity index (χ0n) is 26.4. The number of ketones is 1. The number of Topliss-reactive ketones (excluding diaryl/α,β-unsaturated/α-hetero) is 1. The second kappa shape index (κ2) is 11.7. The van der Waals surface area contributed by atoms with Crippen molar-refractivity contribution in [1.82, 2.24) is 5.32 Å². The molecule has 2 N–H and O–H groups in total. The Morgan fingerprint density at radius 3 is 2.26 bits per heavy atom. The first-order valence-electron chi connectivity index (χ1n) is 15.3. The summed E-state index contributed by atoms with van der Waals surface area (Å²) in [5.41, 5.74) is 1.87. The minimum Gasteiger partial charge on any atom is -0.455 e. The number of nitrogens with one attached hydrogen (secondary N) is 2. The Labute approximate surface area is 268 Å². The Morgan fingerprint density at radius 2 is 1.63 bits per heavy atom. The third-order valence-electron chi connectivity index (χ3n) is 9.07. The number of hydrogen-bond acceptors (Lipinski definition) is 7. The van der Waals surface area contributed by atoms with E-state index in [9.17, 15) is 22.4 Å². The fourth-order valence-corrected chi connectivity index (χ4v) is 6.71. The van der Waals surface area contributed by atoms with Crippen LogP contribution in [0.5, 0.6) is 0 Å². The molecule has 1 amide bonds. The largest absolute Gasteiger partial charge is 0.495 e. The van der Waals surface area contributed by atoms with Gasteiger partial charge in [-0.05, 0) is 87.8 Å². The SMILES string of the molecule is CNC(=O)c1c(-c2ccc(F)cc2)oc2cc(NS(=O)(=O)CCC(=O)c3ccccc3B3OC(C)(C)C(C)(C)O3)c(C3CC3)cc12. The number of hydrogen-bond donors (Lipinski definition) is 2. The summed E-state index contributed by atoms with van der Waals surface area (Å²) in [7, 11) is -3.24. The van der Waals surface area contributed by atoms with Gasteiger partial charge in [0.1, 0.15) is 17.2 Å². The van der Waals surface area contributed by atoms with Crippen LogP contribution in [0.25, 0.3) is 22.3 Å². The smallest absolute Gasteiger partial charge is 0.455 e. The van der Waals surface area contributed by atoms with Crippen LogP contribution in [0.3, 0.4) is 0 Å². The maximum Gasteiger partial charge on any atom is 0.495 e. The molecular formula is C34H36BFN2O7S. The van der Waals surface area contributed by atoms with Crippen LogP contribution in [0, 0.1) is 5.82 Å². The van der Waals surface area contributed by atoms with E-state index in [1.165, 1.54) is 31.3 Å². The minimum absolute atomic E-state index is 0.109. The van der Waals surface area contributed by atoms with Crippen LogP contribution in [-0.4, -0.2) is 51.2 Å². The van der Waals surface area contributed by atoms with E-state index in [-0.39, 0.29) is 35.4 Å². The third kappa shape index (κ3) is 6.09. The van der Waals surface area contributed by atoms with E-state index >= 15 is 0 Å². The van der Waals surface area contributed by atoms with Crippen molar-refractivity contribution in [2.24, 2.45) is 0 Å². The van der Waals surface area contributed by atoms with Crippen LogP contribution in [-0.2, 0) is 19.3 Å². The van der Waals surface area contributed by atoms with Gasteiger partial charge in [-0.15, -0.1) is 0 Å². The first kappa shape index (κ1) is 32.0. The first-order chi connectivity index (χ1) is 21.7. The maximum absolute atomic E-state index is 13.6. The number of furan rings is 1. The van der Waals surface area contributed by atoms with Crippen LogP contribution in [0.1, 0.15) is 79.2 Å². The first-order valence-corrected chi connectivity index (χ1v) is 16.9. The summed E-state index contributed by atoms with van der Waals surface area (Å²) in [6.45, 7) is 7.70. The monoisotopic (exact) mass is 646 g/mol. The molecule has 240 valence electrons. The highest BCUT2D eigenvalue weighted by atomic mass is 32.2. The molecule has 0 atom stereocenters. The summed E-state index contributed by atoms with van der Waals surface area (Å²) < 4.78 is 61.6. The van der Waals surface area contributed by atoms with Crippen molar-refractivity contribution in [3.63, 3.8) is 0 Å². The zero-order valence-corrected chi connectivity index (χ0v) is 27.2. The van der Waals surface area contributed by atoms with Gasteiger partial charge < -0.3 is 19.0 Å². The van der Waals surface area contributed by atoms with Gasteiger partial charge in [-0.3, -0.25) is 14.3 Å². The van der Waals surface area contributed by atoms with Crippen LogP contribution < -0.4 is 15.5 Å². The minimum atomic E-state index is -3.98. The van der Waals surface area contributed by atoms with Crippen molar-refractivity contribution in [3.8, 4) is 11.3 Å². The number of carbonyl (C=O) groups is 2. The van der Waals surface area contributed by atoms with Crippen molar-refractivity contribution in [2.75, 3.05) is 17.5 Å². The molecule has 1 saturated carbocycles. The van der Waals surface area contributed by atoms with E-state index in [2.05, 4.69) is 10.0 Å². The fourth-order valence-electron chi connectivity index (χ4n) is 5.64. The molecule has 1 aliphatic carbocycles. The van der Waals surface area contributed by atoms with Crippen molar-refractivity contribution in [1.29, 1.82) is 0 Å². The predicted molar refractivity (Wildman–Crippen MR) is 175 cm³/mol. The third-order valence-corrected chi connectivity index (χ3v) is 10.3. The Kier molecular flexibility index (Phi) is 8.11. The van der Waals surface area contributed by atoms with Crippen LogP contribution >= 0.6 is 0 Å². The number of rotatable bonds is 10. The molecule has 4 aromatic rings. The van der Waals surface area contributed by atoms with E-state index in [0.29, 0.717) is 33.2 Å². The summed E-state index contributed by atoms with van der Waals surface area (Å²) >= 11 is 0. The predicted octanol–water partition coefficient (Wildman–Crippen LogP) is 5.79. The molecule has 12 heteroatoms. The van der Waals surface area contributed by atoms with Gasteiger partial charge in [0.2, 0.25) is 10.0 Å². The van der Waals surface area contributed by atoms with Gasteiger partial charge in [0, 0.05) is 36.0 Å². The Morgan fingerprint density at radius 1 is 0.978 bits per heavy atom. The lowest BCUT2D eigenvalue weighted by atomic mass is 9.75. The molecule has 1 aliphatic heterocycles. The van der Waals surface area contributed by atoms with Gasteiger partial charge in [-0.25, -0.2) is 12.8 Å². The average molecular weight is 647 g/mol. The van der Waals surface area contributed by atoms with Gasteiger partial charge in [-0.2, -0.15) is 0 Å². The summed E-state index contributed by atoms with van der Waals surface area (Å²) in [4.78, 5) is 26.4. The van der Waals surface area contributed by atoms with E-state index in [0.717, 1.165) is 18.4 Å². The lowest BCUT2D eigenvalue weighted by Gasteiger charge is -2.32. The van der Waals surface area contributed by atoms with E-state index in [1.807, 2.05) is 27.7 Å². The quantitative estimate of drug-likeness (QED) is 0.165. The molecule has 0 unspecified atom stereocenters. The Bertz CT molecular complexity index is 1930. The van der Waals surface area contributed by atoms with Gasteiger partial charge in [0.05, 0.1) is 28.2 Å². The average Bonchev–Trinajstić information content (AvgIpc) is 3.74. The number of benzene rings is 3. The molecule has 1 saturated heterocycles. The van der Waals surface area contributed by atoms with E-state index in [1.54, 1.807) is 36.4 Å². The highest BCUT2D eigenvalue weighted by Gasteiger charge is 2.52. The summed E-state index contributed by atoms with van der Waals surface area (Å²) in [5.74, 6) is -1.25. The Hall–Kier alpha value is -4.00. The van der Waals surface area contributed by atoms with E-state index in [4.69, 9.17) is 13.7 Å². The molecule has 0 spiro atoms.